The van der Waals surface area contributed by atoms with Gasteiger partial charge < -0.3 is 10.6 Å². The number of carbonyl (C=O) groups excluding carboxylic acids is 1. The molecule has 15 heavy (non-hydrogen) atoms. The number of hydrogen-bond donors (Lipinski definition) is 2. The fourth-order valence-electron chi connectivity index (χ4n) is 2.52. The second-order valence-electron chi connectivity index (χ2n) is 4.94. The molecule has 2 saturated carbocycles. The van der Waals surface area contributed by atoms with Crippen LogP contribution in [0.25, 0.3) is 0 Å². The van der Waals surface area contributed by atoms with Crippen LogP contribution in [0.1, 0.15) is 45.4 Å². The lowest BCUT2D eigenvalue weighted by Gasteiger charge is -2.12. The molecule has 0 heterocycles. The molecular formula is C12H22N2O. The van der Waals surface area contributed by atoms with Gasteiger partial charge in [-0.3, -0.25) is 4.79 Å². The third-order valence-corrected chi connectivity index (χ3v) is 3.69. The number of nitrogens with one attached hydrogen (secondary N) is 2. The molecule has 1 amide bonds. The summed E-state index contributed by atoms with van der Waals surface area (Å²) < 4.78 is 0. The number of hydrogen-bond acceptors (Lipinski definition) is 2. The van der Waals surface area contributed by atoms with Gasteiger partial charge in [0.1, 0.15) is 0 Å². The molecule has 2 atom stereocenters. The minimum Gasteiger partial charge on any atom is -0.352 e. The zero-order valence-electron chi connectivity index (χ0n) is 9.59. The maximum Gasteiger partial charge on any atom is 0.234 e. The molecule has 0 spiro atoms. The Morgan fingerprint density at radius 1 is 1.33 bits per heavy atom. The molecule has 0 aromatic carbocycles. The van der Waals surface area contributed by atoms with E-state index in [9.17, 15) is 4.79 Å². The Morgan fingerprint density at radius 3 is 2.67 bits per heavy atom. The first-order valence-electron chi connectivity index (χ1n) is 6.32. The summed E-state index contributed by atoms with van der Waals surface area (Å²) in [5, 5.41) is 6.41. The summed E-state index contributed by atoms with van der Waals surface area (Å²) in [5.41, 5.74) is 0. The van der Waals surface area contributed by atoms with Crippen LogP contribution in [0.2, 0.25) is 0 Å². The SMILES string of the molecule is CCC1CC1NCC(=O)NC1CCCC1. The Labute approximate surface area is 92.0 Å². The Balaban J connectivity index is 1.56. The third kappa shape index (κ3) is 3.20. The van der Waals surface area contributed by atoms with E-state index in [1.807, 2.05) is 0 Å². The Bertz CT molecular complexity index is 224. The van der Waals surface area contributed by atoms with Crippen LogP contribution < -0.4 is 10.6 Å². The topological polar surface area (TPSA) is 41.1 Å². The van der Waals surface area contributed by atoms with Gasteiger partial charge in [-0.05, 0) is 25.2 Å². The first-order valence-corrected chi connectivity index (χ1v) is 6.32. The molecule has 2 aliphatic rings. The van der Waals surface area contributed by atoms with Gasteiger partial charge in [0.2, 0.25) is 5.91 Å². The maximum atomic E-state index is 11.6. The zero-order chi connectivity index (χ0) is 10.7. The molecule has 2 fully saturated rings. The monoisotopic (exact) mass is 210 g/mol. The third-order valence-electron chi connectivity index (χ3n) is 3.69. The lowest BCUT2D eigenvalue weighted by Crippen LogP contribution is -2.40. The van der Waals surface area contributed by atoms with Crippen LogP contribution in [0.5, 0.6) is 0 Å². The van der Waals surface area contributed by atoms with Crippen molar-refractivity contribution in [1.29, 1.82) is 0 Å². The average molecular weight is 210 g/mol. The largest absolute Gasteiger partial charge is 0.352 e. The van der Waals surface area contributed by atoms with E-state index in [-0.39, 0.29) is 5.91 Å². The summed E-state index contributed by atoms with van der Waals surface area (Å²) in [6, 6.07) is 1.07. The highest BCUT2D eigenvalue weighted by Crippen LogP contribution is 2.32. The first-order chi connectivity index (χ1) is 7.29. The lowest BCUT2D eigenvalue weighted by atomic mass is 10.2. The predicted molar refractivity (Wildman–Crippen MR) is 60.6 cm³/mol. The Hall–Kier alpha value is -0.570. The van der Waals surface area contributed by atoms with Gasteiger partial charge in [-0.25, -0.2) is 0 Å². The van der Waals surface area contributed by atoms with E-state index in [1.54, 1.807) is 0 Å². The molecule has 0 aromatic heterocycles. The van der Waals surface area contributed by atoms with E-state index >= 15 is 0 Å². The van der Waals surface area contributed by atoms with E-state index in [1.165, 1.54) is 38.5 Å². The van der Waals surface area contributed by atoms with Gasteiger partial charge >= 0.3 is 0 Å². The molecule has 2 rings (SSSR count). The van der Waals surface area contributed by atoms with Crippen molar-refractivity contribution in [2.24, 2.45) is 5.92 Å². The molecule has 0 aromatic rings. The molecule has 0 bridgehead atoms. The van der Waals surface area contributed by atoms with Crippen LogP contribution in [0, 0.1) is 5.92 Å². The Kier molecular flexibility index (Phi) is 3.62. The van der Waals surface area contributed by atoms with Gasteiger partial charge in [0, 0.05) is 12.1 Å². The standard InChI is InChI=1S/C12H22N2O/c1-2-9-7-11(9)13-8-12(15)14-10-5-3-4-6-10/h9-11,13H,2-8H2,1H3,(H,14,15). The van der Waals surface area contributed by atoms with E-state index in [0.717, 1.165) is 5.92 Å². The van der Waals surface area contributed by atoms with Gasteiger partial charge in [-0.15, -0.1) is 0 Å². The van der Waals surface area contributed by atoms with Gasteiger partial charge in [-0.2, -0.15) is 0 Å². The van der Waals surface area contributed by atoms with Crippen LogP contribution in [-0.4, -0.2) is 24.5 Å². The molecule has 3 heteroatoms. The van der Waals surface area contributed by atoms with Gasteiger partial charge in [0.25, 0.3) is 0 Å². The van der Waals surface area contributed by atoms with Crippen LogP contribution in [0.4, 0.5) is 0 Å². The van der Waals surface area contributed by atoms with Crippen molar-refractivity contribution in [2.45, 2.75) is 57.5 Å². The smallest absolute Gasteiger partial charge is 0.234 e. The fourth-order valence-corrected chi connectivity index (χ4v) is 2.52. The minimum absolute atomic E-state index is 0.184. The number of rotatable bonds is 5. The zero-order valence-corrected chi connectivity index (χ0v) is 9.59. The van der Waals surface area contributed by atoms with Gasteiger partial charge in [0.05, 0.1) is 6.54 Å². The molecule has 3 nitrogen and oxygen atoms in total. The van der Waals surface area contributed by atoms with Crippen LogP contribution >= 0.6 is 0 Å². The number of carbonyl (C=O) groups is 1. The number of amides is 1. The minimum atomic E-state index is 0.184. The molecular weight excluding hydrogens is 188 g/mol. The second-order valence-corrected chi connectivity index (χ2v) is 4.94. The van der Waals surface area contributed by atoms with Gasteiger partial charge in [0.15, 0.2) is 0 Å². The molecule has 0 radical (unpaired) electrons. The van der Waals surface area contributed by atoms with E-state index in [0.29, 0.717) is 18.6 Å². The van der Waals surface area contributed by atoms with Crippen molar-refractivity contribution in [1.82, 2.24) is 10.6 Å². The van der Waals surface area contributed by atoms with Crippen LogP contribution in [0.3, 0.4) is 0 Å². The molecule has 2 N–H and O–H groups in total. The summed E-state index contributed by atoms with van der Waals surface area (Å²) in [7, 11) is 0. The van der Waals surface area contributed by atoms with Crippen molar-refractivity contribution in [2.75, 3.05) is 6.54 Å². The van der Waals surface area contributed by atoms with Crippen LogP contribution in [0.15, 0.2) is 0 Å². The summed E-state index contributed by atoms with van der Waals surface area (Å²) in [5.74, 6) is 1.01. The highest BCUT2D eigenvalue weighted by atomic mass is 16.2. The van der Waals surface area contributed by atoms with Gasteiger partial charge in [-0.1, -0.05) is 26.2 Å². The van der Waals surface area contributed by atoms with Crippen molar-refractivity contribution in [3.8, 4) is 0 Å². The van der Waals surface area contributed by atoms with Crippen molar-refractivity contribution in [3.05, 3.63) is 0 Å². The molecule has 2 unspecified atom stereocenters. The van der Waals surface area contributed by atoms with Crippen molar-refractivity contribution < 1.29 is 4.79 Å². The molecule has 2 aliphatic carbocycles. The van der Waals surface area contributed by atoms with E-state index in [2.05, 4.69) is 17.6 Å². The highest BCUT2D eigenvalue weighted by Gasteiger charge is 2.34. The molecule has 86 valence electrons. The predicted octanol–water partition coefficient (Wildman–Crippen LogP) is 1.43. The normalized spacial score (nSPS) is 30.5. The van der Waals surface area contributed by atoms with Crippen molar-refractivity contribution >= 4 is 5.91 Å². The lowest BCUT2D eigenvalue weighted by molar-refractivity contribution is -0.120. The van der Waals surface area contributed by atoms with Crippen LogP contribution in [-0.2, 0) is 4.79 Å². The van der Waals surface area contributed by atoms with E-state index < -0.39 is 0 Å². The molecule has 0 aliphatic heterocycles. The summed E-state index contributed by atoms with van der Waals surface area (Å²) in [6.45, 7) is 2.72. The summed E-state index contributed by atoms with van der Waals surface area (Å²) >= 11 is 0. The quantitative estimate of drug-likeness (QED) is 0.721. The highest BCUT2D eigenvalue weighted by molar-refractivity contribution is 5.78. The fraction of sp³-hybridized carbons (Fsp3) is 0.917. The average Bonchev–Trinajstić information content (AvgIpc) is 2.82. The maximum absolute atomic E-state index is 11.6. The molecule has 0 saturated heterocycles. The first kappa shape index (κ1) is 10.9. The van der Waals surface area contributed by atoms with E-state index in [4.69, 9.17) is 0 Å². The summed E-state index contributed by atoms with van der Waals surface area (Å²) in [6.07, 6.45) is 7.40. The second kappa shape index (κ2) is 4.97. The summed E-state index contributed by atoms with van der Waals surface area (Å²) in [4.78, 5) is 11.6. The van der Waals surface area contributed by atoms with Crippen molar-refractivity contribution in [3.63, 3.8) is 0 Å². The Morgan fingerprint density at radius 2 is 2.07 bits per heavy atom.